The van der Waals surface area contributed by atoms with Crippen molar-refractivity contribution in [2.75, 3.05) is 6.54 Å². The number of likely N-dealkylation sites (tertiary alicyclic amines) is 1. The standard InChI is InChI=1S/C15H15F2NO3/c16-9-4-5-11(12(17)6-9)14(19)18-7-8-2-1-3-10(8)13(18)15(20)21/h4-6,8,10,13H,1-3,7H2,(H,20,21). The summed E-state index contributed by atoms with van der Waals surface area (Å²) in [7, 11) is 0. The van der Waals surface area contributed by atoms with E-state index in [1.165, 1.54) is 4.90 Å². The molecule has 21 heavy (non-hydrogen) atoms. The van der Waals surface area contributed by atoms with Gasteiger partial charge in [0.2, 0.25) is 0 Å². The summed E-state index contributed by atoms with van der Waals surface area (Å²) in [5, 5.41) is 9.39. The highest BCUT2D eigenvalue weighted by molar-refractivity contribution is 5.97. The van der Waals surface area contributed by atoms with Gasteiger partial charge in [0.05, 0.1) is 5.56 Å². The molecule has 1 aromatic carbocycles. The maximum atomic E-state index is 13.7. The van der Waals surface area contributed by atoms with E-state index >= 15 is 0 Å². The molecule has 1 amide bonds. The van der Waals surface area contributed by atoms with Crippen LogP contribution >= 0.6 is 0 Å². The second-order valence-electron chi connectivity index (χ2n) is 5.72. The summed E-state index contributed by atoms with van der Waals surface area (Å²) in [5.74, 6) is -3.35. The second-order valence-corrected chi connectivity index (χ2v) is 5.72. The fourth-order valence-electron chi connectivity index (χ4n) is 3.65. The number of carbonyl (C=O) groups is 2. The van der Waals surface area contributed by atoms with E-state index in [1.807, 2.05) is 0 Å². The molecule has 0 radical (unpaired) electrons. The zero-order valence-electron chi connectivity index (χ0n) is 11.3. The lowest BCUT2D eigenvalue weighted by Crippen LogP contribution is -2.43. The fourth-order valence-corrected chi connectivity index (χ4v) is 3.65. The van der Waals surface area contributed by atoms with E-state index in [9.17, 15) is 23.5 Å². The molecule has 4 nitrogen and oxygen atoms in total. The van der Waals surface area contributed by atoms with Crippen molar-refractivity contribution in [3.05, 3.63) is 35.4 Å². The number of fused-ring (bicyclic) bond motifs is 1. The van der Waals surface area contributed by atoms with Crippen molar-refractivity contribution in [3.8, 4) is 0 Å². The van der Waals surface area contributed by atoms with Crippen molar-refractivity contribution < 1.29 is 23.5 Å². The van der Waals surface area contributed by atoms with Gasteiger partial charge in [0.1, 0.15) is 17.7 Å². The Morgan fingerprint density at radius 1 is 1.24 bits per heavy atom. The van der Waals surface area contributed by atoms with Gasteiger partial charge in [0.25, 0.3) is 5.91 Å². The third-order valence-electron chi connectivity index (χ3n) is 4.57. The average molecular weight is 295 g/mol. The number of rotatable bonds is 2. The Morgan fingerprint density at radius 3 is 2.67 bits per heavy atom. The molecule has 1 saturated carbocycles. The maximum absolute atomic E-state index is 13.7. The molecule has 2 aliphatic rings. The summed E-state index contributed by atoms with van der Waals surface area (Å²) in [6.45, 7) is 0.331. The lowest BCUT2D eigenvalue weighted by atomic mass is 9.94. The molecule has 112 valence electrons. The third-order valence-corrected chi connectivity index (χ3v) is 4.57. The lowest BCUT2D eigenvalue weighted by molar-refractivity contribution is -0.142. The smallest absolute Gasteiger partial charge is 0.326 e. The quantitative estimate of drug-likeness (QED) is 0.910. The number of aliphatic carboxylic acids is 1. The van der Waals surface area contributed by atoms with E-state index in [1.54, 1.807) is 0 Å². The monoisotopic (exact) mass is 295 g/mol. The molecule has 3 rings (SSSR count). The molecule has 1 saturated heterocycles. The van der Waals surface area contributed by atoms with Gasteiger partial charge in [-0.2, -0.15) is 0 Å². The fraction of sp³-hybridized carbons (Fsp3) is 0.467. The number of carboxylic acid groups (broad SMARTS) is 1. The summed E-state index contributed by atoms with van der Waals surface area (Å²) in [6.07, 6.45) is 2.63. The highest BCUT2D eigenvalue weighted by atomic mass is 19.1. The molecule has 1 aliphatic carbocycles. The van der Waals surface area contributed by atoms with Crippen LogP contribution in [-0.2, 0) is 4.79 Å². The molecule has 3 atom stereocenters. The molecule has 2 fully saturated rings. The van der Waals surface area contributed by atoms with Crippen molar-refractivity contribution in [1.29, 1.82) is 0 Å². The van der Waals surface area contributed by atoms with Crippen LogP contribution in [0.3, 0.4) is 0 Å². The van der Waals surface area contributed by atoms with Gasteiger partial charge in [-0.1, -0.05) is 6.42 Å². The predicted octanol–water partition coefficient (Wildman–Crippen LogP) is 2.29. The minimum Gasteiger partial charge on any atom is -0.480 e. The van der Waals surface area contributed by atoms with Crippen LogP contribution < -0.4 is 0 Å². The predicted molar refractivity (Wildman–Crippen MR) is 69.6 cm³/mol. The van der Waals surface area contributed by atoms with Crippen LogP contribution in [0, 0.1) is 23.5 Å². The van der Waals surface area contributed by atoms with E-state index < -0.39 is 29.6 Å². The van der Waals surface area contributed by atoms with Crippen molar-refractivity contribution in [3.63, 3.8) is 0 Å². The third kappa shape index (κ3) is 2.28. The largest absolute Gasteiger partial charge is 0.480 e. The first-order chi connectivity index (χ1) is 9.99. The van der Waals surface area contributed by atoms with Gasteiger partial charge in [-0.15, -0.1) is 0 Å². The van der Waals surface area contributed by atoms with Gasteiger partial charge in [-0.05, 0) is 36.8 Å². The van der Waals surface area contributed by atoms with Crippen LogP contribution in [0.5, 0.6) is 0 Å². The molecule has 0 bridgehead atoms. The summed E-state index contributed by atoms with van der Waals surface area (Å²) in [4.78, 5) is 25.1. The Balaban J connectivity index is 1.91. The Morgan fingerprint density at radius 2 is 2.00 bits per heavy atom. The van der Waals surface area contributed by atoms with Gasteiger partial charge < -0.3 is 10.0 Å². The van der Waals surface area contributed by atoms with Crippen molar-refractivity contribution >= 4 is 11.9 Å². The van der Waals surface area contributed by atoms with Gasteiger partial charge in [-0.25, -0.2) is 13.6 Å². The first kappa shape index (κ1) is 14.0. The van der Waals surface area contributed by atoms with Crippen LogP contribution in [0.1, 0.15) is 29.6 Å². The molecular weight excluding hydrogens is 280 g/mol. The van der Waals surface area contributed by atoms with Crippen molar-refractivity contribution in [1.82, 2.24) is 4.90 Å². The molecule has 3 unspecified atom stereocenters. The average Bonchev–Trinajstić information content (AvgIpc) is 2.96. The lowest BCUT2D eigenvalue weighted by Gasteiger charge is -2.24. The topological polar surface area (TPSA) is 57.6 Å². The van der Waals surface area contributed by atoms with Crippen molar-refractivity contribution in [2.45, 2.75) is 25.3 Å². The van der Waals surface area contributed by atoms with E-state index in [-0.39, 0.29) is 17.4 Å². The number of carbonyl (C=O) groups excluding carboxylic acids is 1. The number of halogens is 2. The number of hydrogen-bond acceptors (Lipinski definition) is 2. The van der Waals surface area contributed by atoms with Crippen LogP contribution in [0.15, 0.2) is 18.2 Å². The molecule has 1 aromatic rings. The first-order valence-electron chi connectivity index (χ1n) is 6.98. The number of carboxylic acids is 1. The number of amides is 1. The molecule has 0 aromatic heterocycles. The van der Waals surface area contributed by atoms with Gasteiger partial charge in [0, 0.05) is 12.6 Å². The summed E-state index contributed by atoms with van der Waals surface area (Å²) >= 11 is 0. The number of benzene rings is 1. The van der Waals surface area contributed by atoms with Gasteiger partial charge in [0.15, 0.2) is 0 Å². The zero-order chi connectivity index (χ0) is 15.1. The maximum Gasteiger partial charge on any atom is 0.326 e. The highest BCUT2D eigenvalue weighted by Crippen LogP contribution is 2.42. The summed E-state index contributed by atoms with van der Waals surface area (Å²) in [5.41, 5.74) is -0.275. The van der Waals surface area contributed by atoms with Gasteiger partial charge in [-0.3, -0.25) is 4.79 Å². The summed E-state index contributed by atoms with van der Waals surface area (Å²) in [6, 6.07) is 1.80. The van der Waals surface area contributed by atoms with Crippen LogP contribution in [-0.4, -0.2) is 34.5 Å². The highest BCUT2D eigenvalue weighted by Gasteiger charge is 2.49. The first-order valence-corrected chi connectivity index (χ1v) is 6.98. The van der Waals surface area contributed by atoms with Crippen LogP contribution in [0.4, 0.5) is 8.78 Å². The van der Waals surface area contributed by atoms with E-state index in [0.29, 0.717) is 12.6 Å². The second kappa shape index (κ2) is 5.09. The number of nitrogens with zero attached hydrogens (tertiary/aromatic N) is 1. The summed E-state index contributed by atoms with van der Waals surface area (Å²) < 4.78 is 26.7. The molecule has 1 heterocycles. The molecule has 1 N–H and O–H groups in total. The minimum atomic E-state index is -1.06. The van der Waals surface area contributed by atoms with Crippen LogP contribution in [0.25, 0.3) is 0 Å². The number of hydrogen-bond donors (Lipinski definition) is 1. The molecular formula is C15H15F2NO3. The van der Waals surface area contributed by atoms with E-state index in [0.717, 1.165) is 31.4 Å². The SMILES string of the molecule is O=C(O)C1C2CCCC2CN1C(=O)c1ccc(F)cc1F. The Hall–Kier alpha value is -1.98. The zero-order valence-corrected chi connectivity index (χ0v) is 11.3. The van der Waals surface area contributed by atoms with E-state index in [2.05, 4.69) is 0 Å². The molecule has 1 aliphatic heterocycles. The Kier molecular flexibility index (Phi) is 3.39. The Labute approximate surface area is 120 Å². The minimum absolute atomic E-state index is 0.0602. The normalized spacial score (nSPS) is 27.7. The Bertz CT molecular complexity index is 605. The molecule has 6 heteroatoms. The molecule has 0 spiro atoms. The van der Waals surface area contributed by atoms with Crippen molar-refractivity contribution in [2.24, 2.45) is 11.8 Å². The van der Waals surface area contributed by atoms with E-state index in [4.69, 9.17) is 0 Å². The van der Waals surface area contributed by atoms with Gasteiger partial charge >= 0.3 is 5.97 Å². The van der Waals surface area contributed by atoms with Crippen LogP contribution in [0.2, 0.25) is 0 Å².